The van der Waals surface area contributed by atoms with E-state index in [0.717, 1.165) is 5.39 Å². The zero-order chi connectivity index (χ0) is 15.7. The Labute approximate surface area is 132 Å². The molecule has 2 aromatic rings. The van der Waals surface area contributed by atoms with Crippen LogP contribution >= 0.6 is 11.6 Å². The van der Waals surface area contributed by atoms with E-state index in [1.54, 1.807) is 24.4 Å². The number of halogens is 1. The second kappa shape index (κ2) is 5.93. The third-order valence-electron chi connectivity index (χ3n) is 4.08. The van der Waals surface area contributed by atoms with Crippen molar-refractivity contribution in [2.24, 2.45) is 5.92 Å². The number of nitrogens with zero attached hydrogens (tertiary/aromatic N) is 1. The summed E-state index contributed by atoms with van der Waals surface area (Å²) in [6, 6.07) is 6.80. The first kappa shape index (κ1) is 14.8. The molecule has 1 amide bonds. The number of amides is 1. The first-order valence-electron chi connectivity index (χ1n) is 7.13. The van der Waals surface area contributed by atoms with E-state index < -0.39 is 5.97 Å². The van der Waals surface area contributed by atoms with Gasteiger partial charge < -0.3 is 10.4 Å². The van der Waals surface area contributed by atoms with Crippen molar-refractivity contribution in [2.45, 2.75) is 25.3 Å². The molecule has 6 heteroatoms. The maximum atomic E-state index is 12.5. The highest BCUT2D eigenvalue weighted by molar-refractivity contribution is 6.36. The molecule has 1 heterocycles. The van der Waals surface area contributed by atoms with E-state index in [4.69, 9.17) is 16.7 Å². The number of hydrogen-bond donors (Lipinski definition) is 2. The summed E-state index contributed by atoms with van der Waals surface area (Å²) in [7, 11) is 0. The smallest absolute Gasteiger partial charge is 0.306 e. The summed E-state index contributed by atoms with van der Waals surface area (Å²) >= 11 is 6.12. The first-order chi connectivity index (χ1) is 10.6. The van der Waals surface area contributed by atoms with E-state index in [1.807, 2.05) is 6.07 Å². The van der Waals surface area contributed by atoms with Crippen LogP contribution in [0.25, 0.3) is 10.9 Å². The van der Waals surface area contributed by atoms with E-state index in [0.29, 0.717) is 35.4 Å². The summed E-state index contributed by atoms with van der Waals surface area (Å²) in [6.07, 6.45) is 3.37. The van der Waals surface area contributed by atoms with Crippen molar-refractivity contribution < 1.29 is 14.7 Å². The Morgan fingerprint density at radius 3 is 2.82 bits per heavy atom. The number of carbonyl (C=O) groups excluding carboxylic acids is 1. The summed E-state index contributed by atoms with van der Waals surface area (Å²) < 4.78 is 0. The van der Waals surface area contributed by atoms with Gasteiger partial charge in [0, 0.05) is 17.6 Å². The molecule has 0 spiro atoms. The summed E-state index contributed by atoms with van der Waals surface area (Å²) in [6.45, 7) is 0. The van der Waals surface area contributed by atoms with E-state index >= 15 is 0 Å². The summed E-state index contributed by atoms with van der Waals surface area (Å²) in [5.41, 5.74) is 1.01. The Kier molecular flexibility index (Phi) is 3.98. The highest BCUT2D eigenvalue weighted by atomic mass is 35.5. The normalized spacial score (nSPS) is 21.0. The van der Waals surface area contributed by atoms with Gasteiger partial charge in [0.05, 0.1) is 22.0 Å². The highest BCUT2D eigenvalue weighted by Crippen LogP contribution is 2.27. The molecule has 3 rings (SSSR count). The number of fused-ring (bicyclic) bond motifs is 1. The van der Waals surface area contributed by atoms with Gasteiger partial charge in [0.15, 0.2) is 0 Å². The van der Waals surface area contributed by atoms with Crippen molar-refractivity contribution in [2.75, 3.05) is 0 Å². The fourth-order valence-electron chi connectivity index (χ4n) is 2.92. The van der Waals surface area contributed by atoms with Crippen LogP contribution in [0.3, 0.4) is 0 Å². The molecule has 1 aromatic carbocycles. The van der Waals surface area contributed by atoms with Crippen molar-refractivity contribution in [1.29, 1.82) is 0 Å². The number of aliphatic carboxylic acids is 1. The number of rotatable bonds is 3. The molecule has 1 aliphatic carbocycles. The number of hydrogen-bond acceptors (Lipinski definition) is 3. The van der Waals surface area contributed by atoms with Crippen LogP contribution in [0.5, 0.6) is 0 Å². The van der Waals surface area contributed by atoms with E-state index in [-0.39, 0.29) is 17.9 Å². The summed E-state index contributed by atoms with van der Waals surface area (Å²) in [5.74, 6) is -1.41. The van der Waals surface area contributed by atoms with Gasteiger partial charge in [0.25, 0.3) is 5.91 Å². The van der Waals surface area contributed by atoms with Crippen LogP contribution in [0.2, 0.25) is 5.02 Å². The van der Waals surface area contributed by atoms with E-state index in [2.05, 4.69) is 10.3 Å². The second-order valence-corrected chi connectivity index (χ2v) is 5.92. The number of benzene rings is 1. The van der Waals surface area contributed by atoms with E-state index in [9.17, 15) is 9.59 Å². The van der Waals surface area contributed by atoms with Crippen LogP contribution in [-0.2, 0) is 4.79 Å². The number of carbonyl (C=O) groups is 2. The Hall–Kier alpha value is -2.14. The second-order valence-electron chi connectivity index (χ2n) is 5.51. The van der Waals surface area contributed by atoms with Crippen LogP contribution in [0, 0.1) is 5.92 Å². The molecule has 0 bridgehead atoms. The summed E-state index contributed by atoms with van der Waals surface area (Å²) in [4.78, 5) is 27.7. The minimum atomic E-state index is -0.796. The van der Waals surface area contributed by atoms with Crippen LogP contribution < -0.4 is 5.32 Å². The molecule has 5 nitrogen and oxygen atoms in total. The monoisotopic (exact) mass is 318 g/mol. The highest BCUT2D eigenvalue weighted by Gasteiger charge is 2.31. The zero-order valence-corrected chi connectivity index (χ0v) is 12.5. The predicted octanol–water partition coefficient (Wildman–Crippen LogP) is 2.87. The lowest BCUT2D eigenvalue weighted by molar-refractivity contribution is -0.141. The maximum absolute atomic E-state index is 12.5. The molecule has 1 aromatic heterocycles. The SMILES string of the molecule is O=C(N[C@H]1CC[C@@H](C(=O)O)C1)c1ccc(Cl)c2cccnc12. The Morgan fingerprint density at radius 1 is 1.27 bits per heavy atom. The van der Waals surface area contributed by atoms with Gasteiger partial charge in [-0.2, -0.15) is 0 Å². The Morgan fingerprint density at radius 2 is 2.09 bits per heavy atom. The fourth-order valence-corrected chi connectivity index (χ4v) is 3.14. The van der Waals surface area contributed by atoms with Crippen molar-refractivity contribution >= 4 is 34.4 Å². The van der Waals surface area contributed by atoms with Crippen molar-refractivity contribution in [3.63, 3.8) is 0 Å². The van der Waals surface area contributed by atoms with Gasteiger partial charge in [-0.3, -0.25) is 14.6 Å². The third-order valence-corrected chi connectivity index (χ3v) is 4.41. The van der Waals surface area contributed by atoms with Gasteiger partial charge in [-0.1, -0.05) is 11.6 Å². The Balaban J connectivity index is 1.82. The number of pyridine rings is 1. The molecule has 2 N–H and O–H groups in total. The average molecular weight is 319 g/mol. The maximum Gasteiger partial charge on any atom is 0.306 e. The standard InChI is InChI=1S/C16H15ClN2O3/c17-13-6-5-12(14-11(13)2-1-7-18-14)15(20)19-10-4-3-9(8-10)16(21)22/h1-2,5-7,9-10H,3-4,8H2,(H,19,20)(H,21,22)/t9-,10+/m1/s1. The van der Waals surface area contributed by atoms with Gasteiger partial charge in [-0.25, -0.2) is 0 Å². The molecule has 0 aliphatic heterocycles. The number of carboxylic acids is 1. The lowest BCUT2D eigenvalue weighted by Crippen LogP contribution is -2.33. The van der Waals surface area contributed by atoms with Crippen molar-refractivity contribution in [1.82, 2.24) is 10.3 Å². The quantitative estimate of drug-likeness (QED) is 0.912. The molecule has 22 heavy (non-hydrogen) atoms. The molecule has 0 unspecified atom stereocenters. The summed E-state index contributed by atoms with van der Waals surface area (Å²) in [5, 5.41) is 13.2. The number of nitrogens with one attached hydrogen (secondary N) is 1. The van der Waals surface area contributed by atoms with Gasteiger partial charge in [-0.05, 0) is 43.5 Å². The van der Waals surface area contributed by atoms with Gasteiger partial charge in [0.1, 0.15) is 0 Å². The molecular weight excluding hydrogens is 304 g/mol. The third kappa shape index (κ3) is 2.76. The number of carboxylic acid groups (broad SMARTS) is 1. The van der Waals surface area contributed by atoms with Crippen LogP contribution in [0.4, 0.5) is 0 Å². The topological polar surface area (TPSA) is 79.3 Å². The van der Waals surface area contributed by atoms with Crippen LogP contribution in [0.1, 0.15) is 29.6 Å². The zero-order valence-electron chi connectivity index (χ0n) is 11.8. The van der Waals surface area contributed by atoms with Crippen LogP contribution in [-0.4, -0.2) is 28.0 Å². The van der Waals surface area contributed by atoms with E-state index in [1.165, 1.54) is 0 Å². The number of aromatic nitrogens is 1. The van der Waals surface area contributed by atoms with Crippen LogP contribution in [0.15, 0.2) is 30.5 Å². The molecule has 2 atom stereocenters. The lowest BCUT2D eigenvalue weighted by Gasteiger charge is -2.13. The largest absolute Gasteiger partial charge is 0.481 e. The fraction of sp³-hybridized carbons (Fsp3) is 0.312. The molecule has 114 valence electrons. The molecule has 1 aliphatic rings. The molecule has 1 saturated carbocycles. The minimum Gasteiger partial charge on any atom is -0.481 e. The molecule has 0 radical (unpaired) electrons. The minimum absolute atomic E-state index is 0.108. The molecule has 0 saturated heterocycles. The first-order valence-corrected chi connectivity index (χ1v) is 7.51. The molecule has 1 fully saturated rings. The molecular formula is C16H15ClN2O3. The van der Waals surface area contributed by atoms with Gasteiger partial charge in [0.2, 0.25) is 0 Å². The van der Waals surface area contributed by atoms with Gasteiger partial charge in [-0.15, -0.1) is 0 Å². The lowest BCUT2D eigenvalue weighted by atomic mass is 10.1. The predicted molar refractivity (Wildman–Crippen MR) is 83.0 cm³/mol. The van der Waals surface area contributed by atoms with Crippen molar-refractivity contribution in [3.05, 3.63) is 41.0 Å². The Bertz CT molecular complexity index is 747. The van der Waals surface area contributed by atoms with Gasteiger partial charge >= 0.3 is 5.97 Å². The van der Waals surface area contributed by atoms with Crippen molar-refractivity contribution in [3.8, 4) is 0 Å². The average Bonchev–Trinajstić information content (AvgIpc) is 2.96.